The van der Waals surface area contributed by atoms with Crippen molar-refractivity contribution in [1.82, 2.24) is 4.90 Å². The van der Waals surface area contributed by atoms with Crippen molar-refractivity contribution >= 4 is 12.3 Å². The van der Waals surface area contributed by atoms with E-state index in [1.807, 2.05) is 6.92 Å². The Kier molecular flexibility index (Phi) is 2.12. The number of likely N-dealkylation sites (N-methyl/N-ethyl adjacent to an activating group) is 1. The summed E-state index contributed by atoms with van der Waals surface area (Å²) in [6.45, 7) is 1.83. The number of carbonyl (C=O) groups excluding carboxylic acids is 1. The van der Waals surface area contributed by atoms with Gasteiger partial charge in [-0.25, -0.2) is 4.99 Å². The van der Waals surface area contributed by atoms with Gasteiger partial charge in [0, 0.05) is 14.1 Å². The van der Waals surface area contributed by atoms with Gasteiger partial charge < -0.3 is 9.64 Å². The first-order chi connectivity index (χ1) is 5.13. The average molecular weight is 156 g/mol. The molecule has 0 radical (unpaired) electrons. The van der Waals surface area contributed by atoms with Crippen LogP contribution in [0.2, 0.25) is 0 Å². The maximum absolute atomic E-state index is 11.3. The van der Waals surface area contributed by atoms with Crippen LogP contribution >= 0.6 is 0 Å². The topological polar surface area (TPSA) is 41.9 Å². The second-order valence-electron chi connectivity index (χ2n) is 2.77. The van der Waals surface area contributed by atoms with Gasteiger partial charge in [0.1, 0.15) is 6.10 Å². The fourth-order valence-electron chi connectivity index (χ4n) is 0.921. The van der Waals surface area contributed by atoms with Crippen LogP contribution in [0.25, 0.3) is 0 Å². The van der Waals surface area contributed by atoms with Gasteiger partial charge in [0.25, 0.3) is 5.91 Å². The van der Waals surface area contributed by atoms with Gasteiger partial charge in [-0.2, -0.15) is 0 Å². The lowest BCUT2D eigenvalue weighted by atomic mass is 10.2. The molecule has 11 heavy (non-hydrogen) atoms. The quantitative estimate of drug-likeness (QED) is 0.531. The van der Waals surface area contributed by atoms with E-state index in [9.17, 15) is 4.79 Å². The van der Waals surface area contributed by atoms with E-state index in [4.69, 9.17) is 4.74 Å². The van der Waals surface area contributed by atoms with Crippen LogP contribution in [0, 0.1) is 0 Å². The van der Waals surface area contributed by atoms with Crippen LogP contribution in [0.3, 0.4) is 0 Å². The number of amides is 1. The molecule has 0 unspecified atom stereocenters. The molecule has 0 aromatic carbocycles. The monoisotopic (exact) mass is 156 g/mol. The molecule has 0 saturated heterocycles. The zero-order valence-corrected chi connectivity index (χ0v) is 6.94. The number of hydrogen-bond donors (Lipinski definition) is 0. The van der Waals surface area contributed by atoms with Gasteiger partial charge in [0.05, 0.1) is 0 Å². The highest BCUT2D eigenvalue weighted by Crippen LogP contribution is 2.10. The van der Waals surface area contributed by atoms with Crippen LogP contribution in [0.4, 0.5) is 0 Å². The molecular formula is C7H12N2O2. The van der Waals surface area contributed by atoms with E-state index in [0.29, 0.717) is 0 Å². The van der Waals surface area contributed by atoms with Crippen molar-refractivity contribution in [2.24, 2.45) is 4.99 Å². The largest absolute Gasteiger partial charge is 0.478 e. The van der Waals surface area contributed by atoms with Gasteiger partial charge in [-0.15, -0.1) is 0 Å². The number of nitrogens with zero attached hydrogens (tertiary/aromatic N) is 2. The van der Waals surface area contributed by atoms with Crippen molar-refractivity contribution in [3.8, 4) is 0 Å². The first-order valence-electron chi connectivity index (χ1n) is 3.51. The average Bonchev–Trinajstić information content (AvgIpc) is 2.33. The van der Waals surface area contributed by atoms with E-state index >= 15 is 0 Å². The Morgan fingerprint density at radius 2 is 2.27 bits per heavy atom. The molecule has 4 nitrogen and oxygen atoms in total. The second-order valence-corrected chi connectivity index (χ2v) is 2.77. The fourth-order valence-corrected chi connectivity index (χ4v) is 0.921. The predicted molar refractivity (Wildman–Crippen MR) is 41.5 cm³/mol. The minimum atomic E-state index is -0.343. The summed E-state index contributed by atoms with van der Waals surface area (Å²) in [5.74, 6) is -0.00810. The van der Waals surface area contributed by atoms with Crippen molar-refractivity contribution in [2.45, 2.75) is 19.1 Å². The van der Waals surface area contributed by atoms with E-state index in [2.05, 4.69) is 4.99 Å². The highest BCUT2D eigenvalue weighted by molar-refractivity contribution is 5.84. The third kappa shape index (κ3) is 1.50. The number of ether oxygens (including phenoxy) is 1. The molecule has 0 saturated carbocycles. The summed E-state index contributed by atoms with van der Waals surface area (Å²) >= 11 is 0. The molecule has 2 atom stereocenters. The lowest BCUT2D eigenvalue weighted by molar-refractivity contribution is -0.131. The van der Waals surface area contributed by atoms with Crippen molar-refractivity contribution in [1.29, 1.82) is 0 Å². The first-order valence-corrected chi connectivity index (χ1v) is 3.51. The Hall–Kier alpha value is -1.06. The van der Waals surface area contributed by atoms with Crippen molar-refractivity contribution < 1.29 is 9.53 Å². The smallest absolute Gasteiger partial charge is 0.250 e. The third-order valence-electron chi connectivity index (χ3n) is 1.64. The molecule has 1 aliphatic rings. The van der Waals surface area contributed by atoms with Crippen LogP contribution < -0.4 is 0 Å². The van der Waals surface area contributed by atoms with Gasteiger partial charge in [-0.1, -0.05) is 0 Å². The lowest BCUT2D eigenvalue weighted by Crippen LogP contribution is -2.37. The molecule has 0 aliphatic carbocycles. The van der Waals surface area contributed by atoms with Crippen LogP contribution in [-0.4, -0.2) is 43.4 Å². The molecule has 0 spiro atoms. The van der Waals surface area contributed by atoms with Crippen LogP contribution in [0.15, 0.2) is 4.99 Å². The second kappa shape index (κ2) is 2.90. The molecular weight excluding hydrogens is 144 g/mol. The predicted octanol–water partition coefficient (Wildman–Crippen LogP) is -0.110. The van der Waals surface area contributed by atoms with Gasteiger partial charge in [-0.3, -0.25) is 4.79 Å². The van der Waals surface area contributed by atoms with E-state index in [0.717, 1.165) is 0 Å². The molecule has 1 amide bonds. The Labute approximate surface area is 65.9 Å². The molecule has 1 heterocycles. The summed E-state index contributed by atoms with van der Waals surface area (Å²) in [7, 11) is 3.42. The number of hydrogen-bond acceptors (Lipinski definition) is 3. The fraction of sp³-hybridized carbons (Fsp3) is 0.714. The maximum atomic E-state index is 11.3. The van der Waals surface area contributed by atoms with Crippen LogP contribution in [-0.2, 0) is 9.53 Å². The Balaban J connectivity index is 2.60. The molecule has 0 N–H and O–H groups in total. The summed E-state index contributed by atoms with van der Waals surface area (Å²) in [6, 6.07) is -0.343. The van der Waals surface area contributed by atoms with E-state index in [-0.39, 0.29) is 18.1 Å². The minimum Gasteiger partial charge on any atom is -0.478 e. The Morgan fingerprint density at radius 1 is 1.64 bits per heavy atom. The van der Waals surface area contributed by atoms with Crippen LogP contribution in [0.5, 0.6) is 0 Å². The molecule has 0 aromatic heterocycles. The Bertz CT molecular complexity index is 189. The standard InChI is InChI=1S/C7H12N2O2/c1-5-6(8-4-11-5)7(10)9(2)3/h4-6H,1-3H3/t5-,6-/m1/s1. The zero-order chi connectivity index (χ0) is 8.43. The minimum absolute atomic E-state index is 0.00810. The molecule has 1 rings (SSSR count). The molecule has 62 valence electrons. The first kappa shape index (κ1) is 8.04. The summed E-state index contributed by atoms with van der Waals surface area (Å²) in [4.78, 5) is 16.7. The summed E-state index contributed by atoms with van der Waals surface area (Å²) in [5, 5.41) is 0. The summed E-state index contributed by atoms with van der Waals surface area (Å²) in [6.07, 6.45) is 1.22. The molecule has 1 aliphatic heterocycles. The van der Waals surface area contributed by atoms with Crippen molar-refractivity contribution in [3.63, 3.8) is 0 Å². The summed E-state index contributed by atoms with van der Waals surface area (Å²) < 4.78 is 5.00. The van der Waals surface area contributed by atoms with Crippen molar-refractivity contribution in [3.05, 3.63) is 0 Å². The van der Waals surface area contributed by atoms with E-state index < -0.39 is 0 Å². The number of rotatable bonds is 1. The Morgan fingerprint density at radius 3 is 2.64 bits per heavy atom. The lowest BCUT2D eigenvalue weighted by Gasteiger charge is -2.16. The van der Waals surface area contributed by atoms with E-state index in [1.165, 1.54) is 11.3 Å². The van der Waals surface area contributed by atoms with Gasteiger partial charge in [-0.05, 0) is 6.92 Å². The third-order valence-corrected chi connectivity index (χ3v) is 1.64. The van der Waals surface area contributed by atoms with Gasteiger partial charge in [0.2, 0.25) is 0 Å². The molecule has 0 bridgehead atoms. The zero-order valence-electron chi connectivity index (χ0n) is 6.94. The SMILES string of the molecule is C[C@H]1OC=N[C@H]1C(=O)N(C)C. The number of aliphatic imine (C=N–C) groups is 1. The normalized spacial score (nSPS) is 28.3. The molecule has 4 heteroatoms. The molecule has 0 aromatic rings. The van der Waals surface area contributed by atoms with E-state index in [1.54, 1.807) is 14.1 Å². The maximum Gasteiger partial charge on any atom is 0.250 e. The molecule has 0 fully saturated rings. The van der Waals surface area contributed by atoms with Crippen LogP contribution in [0.1, 0.15) is 6.92 Å². The van der Waals surface area contributed by atoms with Gasteiger partial charge >= 0.3 is 0 Å². The highest BCUT2D eigenvalue weighted by atomic mass is 16.5. The highest BCUT2D eigenvalue weighted by Gasteiger charge is 2.29. The summed E-state index contributed by atoms with van der Waals surface area (Å²) in [5.41, 5.74) is 0. The number of carbonyl (C=O) groups is 1. The van der Waals surface area contributed by atoms with Crippen molar-refractivity contribution in [2.75, 3.05) is 14.1 Å². The van der Waals surface area contributed by atoms with Gasteiger partial charge in [0.15, 0.2) is 12.4 Å².